The summed E-state index contributed by atoms with van der Waals surface area (Å²) in [4.78, 5) is 16.3. The lowest BCUT2D eigenvalue weighted by Crippen LogP contribution is -2.34. The van der Waals surface area contributed by atoms with Crippen molar-refractivity contribution >= 4 is 6.09 Å². The summed E-state index contributed by atoms with van der Waals surface area (Å²) in [6.45, 7) is 7.55. The van der Waals surface area contributed by atoms with E-state index in [1.54, 1.807) is 0 Å². The number of carbonyl (C=O) groups is 1. The first-order valence-corrected chi connectivity index (χ1v) is 8.31. The van der Waals surface area contributed by atoms with E-state index in [4.69, 9.17) is 9.26 Å². The van der Waals surface area contributed by atoms with Gasteiger partial charge in [0.05, 0.1) is 6.04 Å². The van der Waals surface area contributed by atoms with Crippen LogP contribution in [0.1, 0.15) is 57.2 Å². The van der Waals surface area contributed by atoms with E-state index in [0.717, 1.165) is 30.4 Å². The average molecular weight is 329 g/mol. The van der Waals surface area contributed by atoms with E-state index in [1.807, 2.05) is 39.8 Å². The second-order valence-corrected chi connectivity index (χ2v) is 7.02. The molecule has 1 aromatic heterocycles. The smallest absolute Gasteiger partial charge is 0.408 e. The van der Waals surface area contributed by atoms with Gasteiger partial charge >= 0.3 is 6.09 Å². The number of hydrogen-bond acceptors (Lipinski definition) is 5. The van der Waals surface area contributed by atoms with Crippen LogP contribution < -0.4 is 5.32 Å². The maximum atomic E-state index is 12.0. The van der Waals surface area contributed by atoms with Gasteiger partial charge in [0, 0.05) is 12.0 Å². The summed E-state index contributed by atoms with van der Waals surface area (Å²) in [5.74, 6) is 1.24. The number of rotatable bonds is 3. The molecule has 6 heteroatoms. The Morgan fingerprint density at radius 3 is 2.88 bits per heavy atom. The number of nitrogens with zero attached hydrogens (tertiary/aromatic N) is 2. The molecular weight excluding hydrogens is 306 g/mol. The van der Waals surface area contributed by atoms with E-state index in [9.17, 15) is 4.79 Å². The second kappa shape index (κ2) is 6.26. The minimum absolute atomic E-state index is 0.0135. The maximum absolute atomic E-state index is 12.0. The van der Waals surface area contributed by atoms with Crippen LogP contribution in [0.5, 0.6) is 0 Å². The summed E-state index contributed by atoms with van der Waals surface area (Å²) in [7, 11) is 0. The number of fused-ring (bicyclic) bond motifs is 1. The molecule has 0 saturated carbocycles. The van der Waals surface area contributed by atoms with Gasteiger partial charge in [-0.15, -0.1) is 0 Å². The van der Waals surface area contributed by atoms with Gasteiger partial charge in [0.15, 0.2) is 0 Å². The van der Waals surface area contributed by atoms with Gasteiger partial charge in [-0.1, -0.05) is 24.2 Å². The Morgan fingerprint density at radius 1 is 1.42 bits per heavy atom. The highest BCUT2D eigenvalue weighted by Crippen LogP contribution is 2.33. The Labute approximate surface area is 141 Å². The molecule has 1 unspecified atom stereocenters. The molecule has 1 heterocycles. The molecule has 1 aliphatic rings. The summed E-state index contributed by atoms with van der Waals surface area (Å²) in [5.41, 5.74) is 2.78. The van der Waals surface area contributed by atoms with Gasteiger partial charge < -0.3 is 14.6 Å². The van der Waals surface area contributed by atoms with Crippen LogP contribution >= 0.6 is 0 Å². The number of amides is 1. The van der Waals surface area contributed by atoms with Crippen molar-refractivity contribution in [2.75, 3.05) is 0 Å². The molecule has 6 nitrogen and oxygen atoms in total. The van der Waals surface area contributed by atoms with Crippen LogP contribution in [0.2, 0.25) is 0 Å². The first kappa shape index (κ1) is 16.5. The zero-order valence-electron chi connectivity index (χ0n) is 14.5. The van der Waals surface area contributed by atoms with Crippen LogP contribution in [0.15, 0.2) is 22.7 Å². The molecule has 0 spiro atoms. The molecule has 1 N–H and O–H groups in total. The number of nitrogens with one attached hydrogen (secondary N) is 1. The van der Waals surface area contributed by atoms with Crippen molar-refractivity contribution < 1.29 is 14.1 Å². The molecule has 128 valence electrons. The molecule has 1 aliphatic carbocycles. The van der Waals surface area contributed by atoms with Crippen LogP contribution in [-0.4, -0.2) is 21.8 Å². The Kier molecular flexibility index (Phi) is 4.30. The molecule has 24 heavy (non-hydrogen) atoms. The molecule has 2 aromatic rings. The minimum atomic E-state index is -0.495. The third kappa shape index (κ3) is 3.58. The van der Waals surface area contributed by atoms with Crippen molar-refractivity contribution in [2.45, 2.75) is 58.6 Å². The molecule has 0 radical (unpaired) electrons. The average Bonchev–Trinajstić information content (AvgIpc) is 3.12. The van der Waals surface area contributed by atoms with Gasteiger partial charge in [-0.25, -0.2) is 4.79 Å². The zero-order chi connectivity index (χ0) is 17.3. The van der Waals surface area contributed by atoms with Crippen molar-refractivity contribution in [1.82, 2.24) is 15.5 Å². The molecule has 0 fully saturated rings. The first-order valence-electron chi connectivity index (χ1n) is 8.31. The summed E-state index contributed by atoms with van der Waals surface area (Å²) >= 11 is 0. The van der Waals surface area contributed by atoms with Crippen molar-refractivity contribution in [2.24, 2.45) is 0 Å². The lowest BCUT2D eigenvalue weighted by molar-refractivity contribution is 0.0503. The van der Waals surface area contributed by atoms with Crippen LogP contribution in [0.3, 0.4) is 0 Å². The molecule has 1 atom stereocenters. The normalized spacial score (nSPS) is 16.8. The summed E-state index contributed by atoms with van der Waals surface area (Å²) in [5, 5.41) is 6.97. The third-order valence-electron chi connectivity index (χ3n) is 3.94. The fraction of sp³-hybridized carbons (Fsp3) is 0.500. The van der Waals surface area contributed by atoms with Crippen molar-refractivity contribution in [1.29, 1.82) is 0 Å². The number of carbonyl (C=O) groups excluding carboxylic acids is 1. The predicted octanol–water partition coefficient (Wildman–Crippen LogP) is 3.81. The highest BCUT2D eigenvalue weighted by Gasteiger charge is 2.26. The Balaban J connectivity index is 1.74. The van der Waals surface area contributed by atoms with Crippen LogP contribution in [0, 0.1) is 0 Å². The molecule has 0 bridgehead atoms. The van der Waals surface area contributed by atoms with E-state index in [-0.39, 0.29) is 12.1 Å². The fourth-order valence-electron chi connectivity index (χ4n) is 2.87. The Hall–Kier alpha value is -2.37. The largest absolute Gasteiger partial charge is 0.444 e. The first-order chi connectivity index (χ1) is 11.4. The van der Waals surface area contributed by atoms with E-state index in [1.165, 1.54) is 5.56 Å². The molecule has 0 saturated heterocycles. The SMILES string of the molecule is CCc1nc(-c2ccc3c(c2)CCC3NC(=O)OC(C)(C)C)no1. The third-order valence-corrected chi connectivity index (χ3v) is 3.94. The Morgan fingerprint density at radius 2 is 2.21 bits per heavy atom. The van der Waals surface area contributed by atoms with Gasteiger partial charge in [-0.3, -0.25) is 0 Å². The molecular formula is C18H23N3O3. The van der Waals surface area contributed by atoms with E-state index in [0.29, 0.717) is 11.7 Å². The highest BCUT2D eigenvalue weighted by atomic mass is 16.6. The van der Waals surface area contributed by atoms with Crippen LogP contribution in [0.4, 0.5) is 4.79 Å². The fourth-order valence-corrected chi connectivity index (χ4v) is 2.87. The summed E-state index contributed by atoms with van der Waals surface area (Å²) < 4.78 is 10.5. The van der Waals surface area contributed by atoms with Gasteiger partial charge in [0.25, 0.3) is 0 Å². The minimum Gasteiger partial charge on any atom is -0.444 e. The number of benzene rings is 1. The van der Waals surface area contributed by atoms with Crippen LogP contribution in [0.25, 0.3) is 11.4 Å². The number of ether oxygens (including phenoxy) is 1. The van der Waals surface area contributed by atoms with Gasteiger partial charge in [0.1, 0.15) is 5.60 Å². The topological polar surface area (TPSA) is 77.2 Å². The Bertz CT molecular complexity index is 746. The number of aryl methyl sites for hydroxylation is 2. The van der Waals surface area contributed by atoms with Gasteiger partial charge in [-0.2, -0.15) is 4.98 Å². The van der Waals surface area contributed by atoms with Gasteiger partial charge in [-0.05, 0) is 50.8 Å². The van der Waals surface area contributed by atoms with E-state index < -0.39 is 5.60 Å². The molecule has 0 aliphatic heterocycles. The van der Waals surface area contributed by atoms with Crippen molar-refractivity contribution in [3.05, 3.63) is 35.2 Å². The summed E-state index contributed by atoms with van der Waals surface area (Å²) in [6, 6.07) is 6.07. The van der Waals surface area contributed by atoms with Crippen molar-refractivity contribution in [3.63, 3.8) is 0 Å². The van der Waals surface area contributed by atoms with Crippen molar-refractivity contribution in [3.8, 4) is 11.4 Å². The highest BCUT2D eigenvalue weighted by molar-refractivity contribution is 5.69. The number of alkyl carbamates (subject to hydrolysis) is 1. The maximum Gasteiger partial charge on any atom is 0.408 e. The molecule has 3 rings (SSSR count). The van der Waals surface area contributed by atoms with E-state index in [2.05, 4.69) is 21.5 Å². The second-order valence-electron chi connectivity index (χ2n) is 7.02. The monoisotopic (exact) mass is 329 g/mol. The lowest BCUT2D eigenvalue weighted by atomic mass is 10.0. The molecule has 1 amide bonds. The predicted molar refractivity (Wildman–Crippen MR) is 89.5 cm³/mol. The quantitative estimate of drug-likeness (QED) is 0.926. The number of hydrogen-bond donors (Lipinski definition) is 1. The summed E-state index contributed by atoms with van der Waals surface area (Å²) in [6.07, 6.45) is 2.11. The standard InChI is InChI=1S/C18H23N3O3/c1-5-15-20-16(21-24-15)12-6-8-13-11(10-12)7-9-14(13)19-17(22)23-18(2,3)4/h6,8,10,14H,5,7,9H2,1-4H3,(H,19,22). The lowest BCUT2D eigenvalue weighted by Gasteiger charge is -2.22. The number of aromatic nitrogens is 2. The van der Waals surface area contributed by atoms with Crippen LogP contribution in [-0.2, 0) is 17.6 Å². The van der Waals surface area contributed by atoms with Gasteiger partial charge in [0.2, 0.25) is 11.7 Å². The molecule has 1 aromatic carbocycles. The van der Waals surface area contributed by atoms with E-state index >= 15 is 0 Å². The zero-order valence-corrected chi connectivity index (χ0v) is 14.5.